The molecule has 4 rings (SSSR count). The van der Waals surface area contributed by atoms with Crippen LogP contribution in [0.1, 0.15) is 87.1 Å². The van der Waals surface area contributed by atoms with Crippen LogP contribution in [-0.2, 0) is 10.3 Å². The molecule has 0 aromatic carbocycles. The molecule has 3 heterocycles. The fraction of sp³-hybridized carbons (Fsp3) is 0.714. The van der Waals surface area contributed by atoms with Gasteiger partial charge in [-0.15, -0.1) is 0 Å². The Morgan fingerprint density at radius 3 is 2.25 bits per heavy atom. The molecule has 2 aromatic heterocycles. The van der Waals surface area contributed by atoms with Crippen molar-refractivity contribution in [3.63, 3.8) is 0 Å². The van der Waals surface area contributed by atoms with Crippen molar-refractivity contribution >= 4 is 41.3 Å². The lowest BCUT2D eigenvalue weighted by atomic mass is 9.56. The van der Waals surface area contributed by atoms with Gasteiger partial charge in [-0.3, -0.25) is 0 Å². The van der Waals surface area contributed by atoms with E-state index in [9.17, 15) is 9.90 Å². The van der Waals surface area contributed by atoms with Crippen molar-refractivity contribution in [3.8, 4) is 0 Å². The molecule has 200 valence electrons. The molecule has 36 heavy (non-hydrogen) atoms. The van der Waals surface area contributed by atoms with Crippen LogP contribution in [0, 0.1) is 5.41 Å². The number of carbonyl (C=O) groups excluding carboxylic acids is 1. The van der Waals surface area contributed by atoms with Gasteiger partial charge in [0.05, 0.1) is 5.60 Å². The first-order valence-corrected chi connectivity index (χ1v) is 16.4. The average molecular weight is 579 g/mol. The summed E-state index contributed by atoms with van der Waals surface area (Å²) >= 11 is 3.73. The topological polar surface area (TPSA) is 67.6 Å². The molecule has 6 nitrogen and oxygen atoms in total. The van der Waals surface area contributed by atoms with Crippen molar-refractivity contribution in [1.29, 1.82) is 0 Å². The van der Waals surface area contributed by atoms with Gasteiger partial charge in [0.1, 0.15) is 11.2 Å². The number of carbonyl (C=O) groups is 1. The summed E-state index contributed by atoms with van der Waals surface area (Å²) < 4.78 is 8.97. The van der Waals surface area contributed by atoms with E-state index >= 15 is 0 Å². The standard InChI is InChI=1S/C28H44BrN3O3Si/c1-18(2)36(19(3)4,20(5)6)32-12-10-21-23(22(29)14-30-24(21)32)28(34)15-27(16-28)11-13-31(17-27)25(33)35-26(7,8)9/h10,12,14,18-20,34H,11,13,15-17H2,1-9H3. The number of halogens is 1. The third-order valence-electron chi connectivity index (χ3n) is 8.75. The molecule has 2 fully saturated rings. The van der Waals surface area contributed by atoms with Crippen LogP contribution in [-0.4, -0.2) is 52.2 Å². The lowest BCUT2D eigenvalue weighted by Gasteiger charge is -2.52. The number of aromatic nitrogens is 2. The van der Waals surface area contributed by atoms with E-state index in [1.54, 1.807) is 0 Å². The molecular weight excluding hydrogens is 534 g/mol. The van der Waals surface area contributed by atoms with E-state index in [4.69, 9.17) is 9.72 Å². The highest BCUT2D eigenvalue weighted by Crippen LogP contribution is 2.60. The Labute approximate surface area is 226 Å². The number of ether oxygens (including phenoxy) is 1. The fourth-order valence-corrected chi connectivity index (χ4v) is 15.0. The van der Waals surface area contributed by atoms with Crippen molar-refractivity contribution in [3.05, 3.63) is 28.5 Å². The van der Waals surface area contributed by atoms with Crippen molar-refractivity contribution in [2.45, 2.75) is 109 Å². The van der Waals surface area contributed by atoms with Gasteiger partial charge >= 0.3 is 6.09 Å². The van der Waals surface area contributed by atoms with E-state index in [1.807, 2.05) is 31.9 Å². The normalized spacial score (nSPS) is 25.0. The summed E-state index contributed by atoms with van der Waals surface area (Å²) in [6.07, 6.45) is 6.03. The second-order valence-electron chi connectivity index (χ2n) is 13.3. The van der Waals surface area contributed by atoms with Crippen molar-refractivity contribution in [1.82, 2.24) is 14.1 Å². The van der Waals surface area contributed by atoms with Gasteiger partial charge in [0.25, 0.3) is 0 Å². The second-order valence-corrected chi connectivity index (χ2v) is 19.9. The van der Waals surface area contributed by atoms with E-state index in [1.165, 1.54) is 0 Å². The van der Waals surface area contributed by atoms with Gasteiger partial charge in [-0.05, 0) is 90.3 Å². The van der Waals surface area contributed by atoms with Gasteiger partial charge in [-0.1, -0.05) is 41.5 Å². The Morgan fingerprint density at radius 2 is 1.72 bits per heavy atom. The molecule has 1 spiro atoms. The van der Waals surface area contributed by atoms with Crippen LogP contribution in [0.2, 0.25) is 16.6 Å². The molecule has 1 saturated heterocycles. The van der Waals surface area contributed by atoms with Crippen LogP contribution in [0.4, 0.5) is 4.79 Å². The van der Waals surface area contributed by atoms with Gasteiger partial charge in [0, 0.05) is 34.7 Å². The van der Waals surface area contributed by atoms with Crippen LogP contribution in [0.15, 0.2) is 22.9 Å². The maximum absolute atomic E-state index is 12.6. The van der Waals surface area contributed by atoms with Crippen LogP contribution >= 0.6 is 15.9 Å². The molecule has 0 radical (unpaired) electrons. The summed E-state index contributed by atoms with van der Waals surface area (Å²) in [5.74, 6) is 0. The zero-order valence-electron chi connectivity index (χ0n) is 23.5. The fourth-order valence-electron chi connectivity index (χ4n) is 7.75. The average Bonchev–Trinajstić information content (AvgIpc) is 3.31. The first kappa shape index (κ1) is 27.6. The molecule has 0 bridgehead atoms. The summed E-state index contributed by atoms with van der Waals surface area (Å²) in [6, 6.07) is 2.17. The predicted molar refractivity (Wildman–Crippen MR) is 152 cm³/mol. The Morgan fingerprint density at radius 1 is 1.14 bits per heavy atom. The quantitative estimate of drug-likeness (QED) is 0.375. The SMILES string of the molecule is CC(C)[Si](C(C)C)(C(C)C)n1ccc2c(C3(O)CC4(CCN(C(=O)OC(C)(C)C)C4)C3)c(Br)cnc21. The first-order chi connectivity index (χ1) is 16.6. The molecule has 8 heteroatoms. The molecule has 2 aromatic rings. The zero-order chi connectivity index (χ0) is 26.8. The maximum Gasteiger partial charge on any atom is 0.410 e. The van der Waals surface area contributed by atoms with E-state index < -0.39 is 19.4 Å². The van der Waals surface area contributed by atoms with Gasteiger partial charge in [0.15, 0.2) is 8.24 Å². The zero-order valence-corrected chi connectivity index (χ0v) is 26.1. The number of likely N-dealkylation sites (tertiary alicyclic amines) is 1. The van der Waals surface area contributed by atoms with Crippen LogP contribution in [0.5, 0.6) is 0 Å². The smallest absolute Gasteiger partial charge is 0.410 e. The summed E-state index contributed by atoms with van der Waals surface area (Å²) in [5, 5.41) is 13.0. The monoisotopic (exact) mass is 577 g/mol. The molecule has 0 atom stereocenters. The lowest BCUT2D eigenvalue weighted by Crippen LogP contribution is -2.52. The van der Waals surface area contributed by atoms with E-state index in [0.717, 1.165) is 27.5 Å². The third-order valence-corrected chi connectivity index (χ3v) is 16.1. The molecule has 0 unspecified atom stereocenters. The van der Waals surface area contributed by atoms with Gasteiger partial charge in [-0.25, -0.2) is 9.78 Å². The minimum Gasteiger partial charge on any atom is -0.444 e. The summed E-state index contributed by atoms with van der Waals surface area (Å²) in [6.45, 7) is 21.2. The highest BCUT2D eigenvalue weighted by molar-refractivity contribution is 9.10. The lowest BCUT2D eigenvalue weighted by molar-refractivity contribution is -0.129. The van der Waals surface area contributed by atoms with Crippen LogP contribution in [0.25, 0.3) is 11.0 Å². The summed E-state index contributed by atoms with van der Waals surface area (Å²) in [7, 11) is -1.98. The number of rotatable bonds is 5. The Hall–Kier alpha value is -1.38. The van der Waals surface area contributed by atoms with Crippen molar-refractivity contribution < 1.29 is 14.6 Å². The molecule has 1 amide bonds. The number of pyridine rings is 1. The van der Waals surface area contributed by atoms with Gasteiger partial charge in [0.2, 0.25) is 0 Å². The molecule has 1 N–H and O–H groups in total. The Balaban J connectivity index is 1.67. The Kier molecular flexibility index (Phi) is 7.00. The minimum atomic E-state index is -1.98. The maximum atomic E-state index is 12.6. The molecule has 1 aliphatic carbocycles. The van der Waals surface area contributed by atoms with Crippen LogP contribution in [0.3, 0.4) is 0 Å². The number of hydrogen-bond acceptors (Lipinski definition) is 4. The Bertz CT molecular complexity index is 1120. The van der Waals surface area contributed by atoms with Crippen molar-refractivity contribution in [2.24, 2.45) is 5.41 Å². The van der Waals surface area contributed by atoms with E-state index in [0.29, 0.717) is 42.6 Å². The molecular formula is C28H44BrN3O3Si. The summed E-state index contributed by atoms with van der Waals surface area (Å²) in [4.78, 5) is 19.4. The van der Waals surface area contributed by atoms with E-state index in [-0.39, 0.29) is 11.5 Å². The minimum absolute atomic E-state index is 0.0600. The highest BCUT2D eigenvalue weighted by atomic mass is 79.9. The molecule has 2 aliphatic rings. The van der Waals surface area contributed by atoms with E-state index in [2.05, 4.69) is 74.0 Å². The van der Waals surface area contributed by atoms with Gasteiger partial charge < -0.3 is 19.0 Å². The second kappa shape index (κ2) is 9.12. The highest BCUT2D eigenvalue weighted by Gasteiger charge is 2.59. The number of amides is 1. The first-order valence-electron chi connectivity index (χ1n) is 13.4. The number of fused-ring (bicyclic) bond motifs is 1. The molecule has 1 saturated carbocycles. The van der Waals surface area contributed by atoms with Crippen LogP contribution < -0.4 is 0 Å². The largest absolute Gasteiger partial charge is 0.444 e. The van der Waals surface area contributed by atoms with Gasteiger partial charge in [-0.2, -0.15) is 0 Å². The number of hydrogen-bond donors (Lipinski definition) is 1. The number of aliphatic hydroxyl groups is 1. The molecule has 1 aliphatic heterocycles. The number of nitrogens with zero attached hydrogens (tertiary/aromatic N) is 3. The van der Waals surface area contributed by atoms with Crippen molar-refractivity contribution in [2.75, 3.05) is 13.1 Å². The summed E-state index contributed by atoms with van der Waals surface area (Å²) in [5.41, 5.74) is 2.09. The third kappa shape index (κ3) is 4.35. The predicted octanol–water partition coefficient (Wildman–Crippen LogP) is 7.43.